The molecule has 0 saturated carbocycles. The molecule has 2 N–H and O–H groups in total. The topological polar surface area (TPSA) is 55.8 Å². The summed E-state index contributed by atoms with van der Waals surface area (Å²) in [7, 11) is 0. The van der Waals surface area contributed by atoms with Crippen LogP contribution in [0.25, 0.3) is 0 Å². The number of hydrogen-bond donors (Lipinski definition) is 2. The Kier molecular flexibility index (Phi) is 5.88. The fourth-order valence-electron chi connectivity index (χ4n) is 2.66. The molecule has 0 unspecified atom stereocenters. The summed E-state index contributed by atoms with van der Waals surface area (Å²) < 4.78 is 13.1. The van der Waals surface area contributed by atoms with Crippen molar-refractivity contribution in [1.29, 1.82) is 0 Å². The molecule has 5 nitrogen and oxygen atoms in total. The molecule has 2 atom stereocenters. The zero-order chi connectivity index (χ0) is 16.1. The zero-order valence-corrected chi connectivity index (χ0v) is 13.1. The molecule has 0 aromatic heterocycles. The Morgan fingerprint density at radius 1 is 1.27 bits per heavy atom. The minimum absolute atomic E-state index is 0.130. The Morgan fingerprint density at radius 3 is 2.50 bits per heavy atom. The Labute approximate surface area is 130 Å². The number of amides is 1. The lowest BCUT2D eigenvalue weighted by Gasteiger charge is -2.39. The zero-order valence-electron chi connectivity index (χ0n) is 13.1. The first-order valence-corrected chi connectivity index (χ1v) is 7.66. The van der Waals surface area contributed by atoms with Gasteiger partial charge in [0.1, 0.15) is 5.82 Å². The number of aliphatic hydroxyl groups excluding tert-OH is 1. The molecule has 2 rings (SSSR count). The molecule has 6 heteroatoms. The van der Waals surface area contributed by atoms with Crippen molar-refractivity contribution in [2.24, 2.45) is 0 Å². The third kappa shape index (κ3) is 4.25. The van der Waals surface area contributed by atoms with Gasteiger partial charge in [0.25, 0.3) is 0 Å². The molecule has 0 radical (unpaired) electrons. The number of nitrogens with one attached hydrogen (secondary N) is 1. The number of benzene rings is 1. The van der Waals surface area contributed by atoms with E-state index in [1.165, 1.54) is 12.1 Å². The lowest BCUT2D eigenvalue weighted by Crippen LogP contribution is -2.55. The Bertz CT molecular complexity index is 504. The molecule has 0 aliphatic carbocycles. The fourth-order valence-corrected chi connectivity index (χ4v) is 2.66. The molecular weight excluding hydrogens is 285 g/mol. The Morgan fingerprint density at radius 2 is 1.91 bits per heavy atom. The highest BCUT2D eigenvalue weighted by Gasteiger charge is 2.27. The molecule has 1 aromatic rings. The van der Waals surface area contributed by atoms with Gasteiger partial charge in [-0.15, -0.1) is 0 Å². The number of piperazine rings is 1. The fraction of sp³-hybridized carbons (Fsp3) is 0.562. The van der Waals surface area contributed by atoms with E-state index < -0.39 is 0 Å². The van der Waals surface area contributed by atoms with E-state index in [-0.39, 0.29) is 30.4 Å². The number of aliphatic hydroxyl groups is 1. The van der Waals surface area contributed by atoms with E-state index >= 15 is 0 Å². The van der Waals surface area contributed by atoms with Gasteiger partial charge in [0, 0.05) is 37.9 Å². The van der Waals surface area contributed by atoms with Gasteiger partial charge < -0.3 is 10.4 Å². The molecule has 0 bridgehead atoms. The van der Waals surface area contributed by atoms with Gasteiger partial charge in [-0.3, -0.25) is 14.6 Å². The summed E-state index contributed by atoms with van der Waals surface area (Å²) in [5.41, 5.74) is 0.476. The summed E-state index contributed by atoms with van der Waals surface area (Å²) >= 11 is 0. The van der Waals surface area contributed by atoms with Crippen molar-refractivity contribution in [3.8, 4) is 0 Å². The van der Waals surface area contributed by atoms with E-state index in [9.17, 15) is 14.3 Å². The molecule has 1 aromatic carbocycles. The minimum atomic E-state index is -0.364. The number of halogens is 1. The largest absolute Gasteiger partial charge is 0.395 e. The van der Waals surface area contributed by atoms with Crippen LogP contribution < -0.4 is 5.32 Å². The van der Waals surface area contributed by atoms with Crippen molar-refractivity contribution in [2.75, 3.05) is 38.1 Å². The third-order valence-electron chi connectivity index (χ3n) is 4.26. The summed E-state index contributed by atoms with van der Waals surface area (Å²) in [5, 5.41) is 11.9. The van der Waals surface area contributed by atoms with Crippen LogP contribution in [0.4, 0.5) is 10.1 Å². The standard InChI is InChI=1S/C16H24FN3O2/c1-12(11-21)19-6-8-20(9-7-19)13(2)16(22)18-15-5-3-4-14(17)10-15/h3-5,10,12-13,21H,6-9,11H2,1-2H3,(H,18,22)/t12-,13+/m1/s1. The van der Waals surface area contributed by atoms with Crippen molar-refractivity contribution >= 4 is 11.6 Å². The maximum absolute atomic E-state index is 13.1. The third-order valence-corrected chi connectivity index (χ3v) is 4.26. The maximum Gasteiger partial charge on any atom is 0.241 e. The molecule has 1 amide bonds. The second kappa shape index (κ2) is 7.67. The smallest absolute Gasteiger partial charge is 0.241 e. The predicted octanol–water partition coefficient (Wildman–Crippen LogP) is 1.15. The predicted molar refractivity (Wildman–Crippen MR) is 84.2 cm³/mol. The molecule has 1 aliphatic heterocycles. The Balaban J connectivity index is 1.86. The van der Waals surface area contributed by atoms with Crippen LogP contribution in [0.2, 0.25) is 0 Å². The molecule has 1 heterocycles. The SMILES string of the molecule is C[C@H](CO)N1CCN([C@@H](C)C(=O)Nc2cccc(F)c2)CC1. The average molecular weight is 309 g/mol. The summed E-state index contributed by atoms with van der Waals surface area (Å²) in [6.45, 7) is 7.23. The van der Waals surface area contributed by atoms with Gasteiger partial charge in [-0.05, 0) is 32.0 Å². The van der Waals surface area contributed by atoms with Crippen LogP contribution in [0.15, 0.2) is 24.3 Å². The van der Waals surface area contributed by atoms with E-state index in [4.69, 9.17) is 0 Å². The van der Waals surface area contributed by atoms with Gasteiger partial charge >= 0.3 is 0 Å². The first-order valence-electron chi connectivity index (χ1n) is 7.66. The first kappa shape index (κ1) is 16.9. The van der Waals surface area contributed by atoms with Crippen LogP contribution in [0.3, 0.4) is 0 Å². The second-order valence-corrected chi connectivity index (χ2v) is 5.78. The highest BCUT2D eigenvalue weighted by Crippen LogP contribution is 2.13. The lowest BCUT2D eigenvalue weighted by molar-refractivity contribution is -0.121. The van der Waals surface area contributed by atoms with Crippen molar-refractivity contribution in [3.05, 3.63) is 30.1 Å². The van der Waals surface area contributed by atoms with Crippen LogP contribution in [-0.2, 0) is 4.79 Å². The highest BCUT2D eigenvalue weighted by molar-refractivity contribution is 5.94. The number of rotatable bonds is 5. The van der Waals surface area contributed by atoms with Crippen molar-refractivity contribution < 1.29 is 14.3 Å². The van der Waals surface area contributed by atoms with Crippen LogP contribution in [0, 0.1) is 5.82 Å². The van der Waals surface area contributed by atoms with Crippen LogP contribution >= 0.6 is 0 Å². The van der Waals surface area contributed by atoms with Gasteiger partial charge in [0.15, 0.2) is 0 Å². The molecule has 1 aliphatic rings. The van der Waals surface area contributed by atoms with Gasteiger partial charge in [0.2, 0.25) is 5.91 Å². The molecular formula is C16H24FN3O2. The van der Waals surface area contributed by atoms with Gasteiger partial charge in [-0.25, -0.2) is 4.39 Å². The van der Waals surface area contributed by atoms with Crippen molar-refractivity contribution in [1.82, 2.24) is 9.80 Å². The minimum Gasteiger partial charge on any atom is -0.395 e. The average Bonchev–Trinajstić information content (AvgIpc) is 2.53. The van der Waals surface area contributed by atoms with Crippen molar-refractivity contribution in [3.63, 3.8) is 0 Å². The van der Waals surface area contributed by atoms with E-state index in [0.29, 0.717) is 5.69 Å². The number of carbonyl (C=O) groups excluding carboxylic acids is 1. The molecule has 1 saturated heterocycles. The number of carbonyl (C=O) groups is 1. The molecule has 0 spiro atoms. The summed E-state index contributed by atoms with van der Waals surface area (Å²) in [5.74, 6) is -0.494. The van der Waals surface area contributed by atoms with Crippen LogP contribution in [0.1, 0.15) is 13.8 Å². The van der Waals surface area contributed by atoms with E-state index in [0.717, 1.165) is 26.2 Å². The number of hydrogen-bond acceptors (Lipinski definition) is 4. The quantitative estimate of drug-likeness (QED) is 0.857. The summed E-state index contributed by atoms with van der Waals surface area (Å²) in [6.07, 6.45) is 0. The second-order valence-electron chi connectivity index (χ2n) is 5.78. The van der Waals surface area contributed by atoms with Crippen molar-refractivity contribution in [2.45, 2.75) is 25.9 Å². The summed E-state index contributed by atoms with van der Waals surface area (Å²) in [6, 6.07) is 5.79. The van der Waals surface area contributed by atoms with E-state index in [1.807, 2.05) is 13.8 Å². The van der Waals surface area contributed by atoms with Gasteiger partial charge in [-0.1, -0.05) is 6.07 Å². The monoisotopic (exact) mass is 309 g/mol. The molecule has 22 heavy (non-hydrogen) atoms. The first-order chi connectivity index (χ1) is 10.5. The number of anilines is 1. The van der Waals surface area contributed by atoms with Gasteiger partial charge in [-0.2, -0.15) is 0 Å². The van der Waals surface area contributed by atoms with Crippen LogP contribution in [0.5, 0.6) is 0 Å². The highest BCUT2D eigenvalue weighted by atomic mass is 19.1. The molecule has 122 valence electrons. The number of nitrogens with zero attached hydrogens (tertiary/aromatic N) is 2. The van der Waals surface area contributed by atoms with Gasteiger partial charge in [0.05, 0.1) is 12.6 Å². The molecule has 1 fully saturated rings. The lowest BCUT2D eigenvalue weighted by atomic mass is 10.2. The maximum atomic E-state index is 13.1. The summed E-state index contributed by atoms with van der Waals surface area (Å²) in [4.78, 5) is 16.6. The normalized spacial score (nSPS) is 19.6. The van der Waals surface area contributed by atoms with E-state index in [2.05, 4.69) is 15.1 Å². The van der Waals surface area contributed by atoms with Crippen LogP contribution in [-0.4, -0.2) is 65.7 Å². The Hall–Kier alpha value is -1.50. The van der Waals surface area contributed by atoms with E-state index in [1.54, 1.807) is 12.1 Å².